The quantitative estimate of drug-likeness (QED) is 0.109. The van der Waals surface area contributed by atoms with Crippen molar-refractivity contribution >= 4 is 0 Å². The first kappa shape index (κ1) is 38.9. The van der Waals surface area contributed by atoms with Gasteiger partial charge in [0.25, 0.3) is 0 Å². The number of phenols is 1. The van der Waals surface area contributed by atoms with Crippen LogP contribution in [0.5, 0.6) is 5.75 Å². The van der Waals surface area contributed by atoms with Crippen molar-refractivity contribution in [2.24, 2.45) is 0 Å². The van der Waals surface area contributed by atoms with Crippen LogP contribution in [0.3, 0.4) is 0 Å². The van der Waals surface area contributed by atoms with Crippen LogP contribution in [0.25, 0.3) is 0 Å². The lowest BCUT2D eigenvalue weighted by Gasteiger charge is -2.31. The molecule has 0 saturated carbocycles. The normalized spacial score (nSPS) is 14.2. The highest BCUT2D eigenvalue weighted by Crippen LogP contribution is 2.45. The summed E-state index contributed by atoms with van der Waals surface area (Å²) in [6, 6.07) is 20.5. The third kappa shape index (κ3) is 10.7. The molecule has 0 saturated heterocycles. The lowest BCUT2D eigenvalue weighted by Crippen LogP contribution is -2.15. The van der Waals surface area contributed by atoms with Gasteiger partial charge in [0.1, 0.15) is 5.75 Å². The van der Waals surface area contributed by atoms with E-state index in [9.17, 15) is 5.11 Å². The Morgan fingerprint density at radius 2 is 0.787 bits per heavy atom. The van der Waals surface area contributed by atoms with Crippen LogP contribution in [0.4, 0.5) is 0 Å². The van der Waals surface area contributed by atoms with Crippen molar-refractivity contribution in [2.75, 3.05) is 0 Å². The molecule has 3 aromatic rings. The SMILES string of the molecule is CCCCCc1cccc(C(C)C(C)c2cccc(O)c2C(C)C(C)c2cccc(CCCCC)c2CCCCC)c1CCCCC. The maximum atomic E-state index is 11.6. The number of hydrogen-bond acceptors (Lipinski definition) is 1. The molecule has 3 rings (SSSR count). The van der Waals surface area contributed by atoms with Gasteiger partial charge in [-0.3, -0.25) is 0 Å². The van der Waals surface area contributed by atoms with Crippen LogP contribution >= 0.6 is 0 Å². The van der Waals surface area contributed by atoms with Gasteiger partial charge < -0.3 is 5.11 Å². The highest BCUT2D eigenvalue weighted by atomic mass is 16.3. The molecule has 260 valence electrons. The van der Waals surface area contributed by atoms with Gasteiger partial charge in [0.05, 0.1) is 0 Å². The molecule has 4 unspecified atom stereocenters. The van der Waals surface area contributed by atoms with Gasteiger partial charge in [0.15, 0.2) is 0 Å². The average Bonchev–Trinajstić information content (AvgIpc) is 3.08. The van der Waals surface area contributed by atoms with E-state index >= 15 is 0 Å². The van der Waals surface area contributed by atoms with E-state index in [0.29, 0.717) is 23.5 Å². The summed E-state index contributed by atoms with van der Waals surface area (Å²) in [5, 5.41) is 11.6. The van der Waals surface area contributed by atoms with Crippen LogP contribution in [0.15, 0.2) is 54.6 Å². The highest BCUT2D eigenvalue weighted by Gasteiger charge is 2.29. The molecule has 1 heteroatoms. The monoisotopic (exact) mass is 639 g/mol. The van der Waals surface area contributed by atoms with Gasteiger partial charge in [-0.1, -0.05) is 155 Å². The Morgan fingerprint density at radius 3 is 1.23 bits per heavy atom. The Labute approximate surface area is 291 Å². The van der Waals surface area contributed by atoms with Crippen molar-refractivity contribution in [3.8, 4) is 5.75 Å². The van der Waals surface area contributed by atoms with Gasteiger partial charge in [-0.15, -0.1) is 0 Å². The number of unbranched alkanes of at least 4 members (excludes halogenated alkanes) is 8. The average molecular weight is 639 g/mol. The molecule has 0 aliphatic carbocycles. The van der Waals surface area contributed by atoms with E-state index in [1.807, 2.05) is 6.07 Å². The summed E-state index contributed by atoms with van der Waals surface area (Å²) in [5.74, 6) is 1.66. The van der Waals surface area contributed by atoms with Gasteiger partial charge >= 0.3 is 0 Å². The number of aryl methyl sites for hydroxylation is 2. The lowest BCUT2D eigenvalue weighted by atomic mass is 9.73. The number of rotatable bonds is 22. The molecule has 4 atom stereocenters. The predicted molar refractivity (Wildman–Crippen MR) is 208 cm³/mol. The molecule has 0 radical (unpaired) electrons. The minimum atomic E-state index is 0.209. The van der Waals surface area contributed by atoms with E-state index in [0.717, 1.165) is 5.56 Å². The standard InChI is InChI=1S/C46H70O/c1-9-13-17-24-38-26-21-30-40(43(38)28-19-15-11-3)34(5)35(6)42-32-23-33-45(47)46(42)37(8)36(7)41-31-22-27-39(25-18-14-10-2)44(41)29-20-16-12-4/h21-23,26-27,30-37,47H,9-20,24-25,28-29H2,1-8H3. The van der Waals surface area contributed by atoms with Crippen LogP contribution < -0.4 is 0 Å². The second-order valence-electron chi connectivity index (χ2n) is 14.7. The fourth-order valence-electron chi connectivity index (χ4n) is 8.00. The summed E-state index contributed by atoms with van der Waals surface area (Å²) < 4.78 is 0. The smallest absolute Gasteiger partial charge is 0.119 e. The van der Waals surface area contributed by atoms with Crippen molar-refractivity contribution in [2.45, 2.75) is 182 Å². The molecule has 0 heterocycles. The molecule has 0 amide bonds. The van der Waals surface area contributed by atoms with E-state index in [-0.39, 0.29) is 5.92 Å². The molecule has 0 aromatic heterocycles. The fraction of sp³-hybridized carbons (Fsp3) is 0.609. The van der Waals surface area contributed by atoms with Crippen LogP contribution in [-0.2, 0) is 25.7 Å². The zero-order valence-corrected chi connectivity index (χ0v) is 31.8. The zero-order valence-electron chi connectivity index (χ0n) is 31.8. The Bertz CT molecular complexity index is 1320. The van der Waals surface area contributed by atoms with Crippen molar-refractivity contribution < 1.29 is 5.11 Å². The second-order valence-corrected chi connectivity index (χ2v) is 14.7. The molecule has 0 spiro atoms. The molecular formula is C46H70O. The molecule has 0 bridgehead atoms. The summed E-state index contributed by atoms with van der Waals surface area (Å²) in [6.07, 6.45) is 20.0. The molecule has 0 aliphatic rings. The van der Waals surface area contributed by atoms with Gasteiger partial charge in [-0.05, 0) is 120 Å². The minimum Gasteiger partial charge on any atom is -0.508 e. The van der Waals surface area contributed by atoms with Crippen LogP contribution in [0.2, 0.25) is 0 Å². The summed E-state index contributed by atoms with van der Waals surface area (Å²) in [5.41, 5.74) is 11.8. The molecule has 0 aliphatic heterocycles. The Balaban J connectivity index is 2.01. The van der Waals surface area contributed by atoms with Crippen LogP contribution in [-0.4, -0.2) is 5.11 Å². The predicted octanol–water partition coefficient (Wildman–Crippen LogP) is 14.1. The topological polar surface area (TPSA) is 20.2 Å². The van der Waals surface area contributed by atoms with Crippen molar-refractivity contribution in [1.82, 2.24) is 0 Å². The first-order valence-electron chi connectivity index (χ1n) is 19.8. The van der Waals surface area contributed by atoms with Crippen LogP contribution in [0.1, 0.15) is 201 Å². The number of aromatic hydroxyl groups is 1. The van der Waals surface area contributed by atoms with E-state index in [2.05, 4.69) is 104 Å². The molecule has 47 heavy (non-hydrogen) atoms. The van der Waals surface area contributed by atoms with Crippen molar-refractivity contribution in [3.05, 3.63) is 99.1 Å². The van der Waals surface area contributed by atoms with Crippen LogP contribution in [0, 0.1) is 0 Å². The number of hydrogen-bond donors (Lipinski definition) is 1. The Morgan fingerprint density at radius 1 is 0.426 bits per heavy atom. The van der Waals surface area contributed by atoms with Gasteiger partial charge in [0, 0.05) is 5.56 Å². The number of phenolic OH excluding ortho intramolecular Hbond substituents is 1. The molecule has 1 N–H and O–H groups in total. The van der Waals surface area contributed by atoms with Crippen molar-refractivity contribution in [1.29, 1.82) is 0 Å². The molecule has 0 fully saturated rings. The maximum absolute atomic E-state index is 11.6. The Kier molecular flexibility index (Phi) is 17.2. The van der Waals surface area contributed by atoms with E-state index < -0.39 is 0 Å². The third-order valence-electron chi connectivity index (χ3n) is 11.3. The van der Waals surface area contributed by atoms with E-state index in [1.165, 1.54) is 119 Å². The van der Waals surface area contributed by atoms with Crippen molar-refractivity contribution in [3.63, 3.8) is 0 Å². The van der Waals surface area contributed by atoms with Gasteiger partial charge in [0.2, 0.25) is 0 Å². The summed E-state index contributed by atoms with van der Waals surface area (Å²) in [7, 11) is 0. The first-order valence-corrected chi connectivity index (χ1v) is 19.8. The van der Waals surface area contributed by atoms with E-state index in [1.54, 1.807) is 22.3 Å². The summed E-state index contributed by atoms with van der Waals surface area (Å²) >= 11 is 0. The maximum Gasteiger partial charge on any atom is 0.119 e. The van der Waals surface area contributed by atoms with E-state index in [4.69, 9.17) is 0 Å². The molecular weight excluding hydrogens is 569 g/mol. The zero-order chi connectivity index (χ0) is 34.2. The lowest BCUT2D eigenvalue weighted by molar-refractivity contribution is 0.451. The Hall–Kier alpha value is -2.54. The third-order valence-corrected chi connectivity index (χ3v) is 11.3. The fourth-order valence-corrected chi connectivity index (χ4v) is 8.00. The highest BCUT2D eigenvalue weighted by molar-refractivity contribution is 5.49. The molecule has 1 nitrogen and oxygen atoms in total. The summed E-state index contributed by atoms with van der Waals surface area (Å²) in [4.78, 5) is 0. The molecule has 3 aromatic carbocycles. The van der Waals surface area contributed by atoms with Gasteiger partial charge in [-0.25, -0.2) is 0 Å². The summed E-state index contributed by atoms with van der Waals surface area (Å²) in [6.45, 7) is 18.8. The largest absolute Gasteiger partial charge is 0.508 e. The second kappa shape index (κ2) is 20.7. The minimum absolute atomic E-state index is 0.209. The number of benzene rings is 3. The van der Waals surface area contributed by atoms with Gasteiger partial charge in [-0.2, -0.15) is 0 Å². The first-order chi connectivity index (χ1) is 22.8.